The van der Waals surface area contributed by atoms with Gasteiger partial charge in [0.05, 0.1) is 31.8 Å². The molecule has 4 aromatic rings. The molecule has 0 saturated carbocycles. The van der Waals surface area contributed by atoms with Crippen LogP contribution in [0.25, 0.3) is 11.3 Å². The largest absolute Gasteiger partial charge is 0.493 e. The zero-order chi connectivity index (χ0) is 24.8. The molecule has 4 rings (SSSR count). The van der Waals surface area contributed by atoms with Gasteiger partial charge in [0, 0.05) is 23.0 Å². The van der Waals surface area contributed by atoms with Crippen molar-refractivity contribution >= 4 is 11.6 Å². The number of benzene rings is 3. The lowest BCUT2D eigenvalue weighted by Gasteiger charge is -2.14. The fourth-order valence-electron chi connectivity index (χ4n) is 3.98. The van der Waals surface area contributed by atoms with E-state index in [0.29, 0.717) is 23.5 Å². The van der Waals surface area contributed by atoms with Crippen LogP contribution in [-0.4, -0.2) is 30.1 Å². The first-order valence-electron chi connectivity index (χ1n) is 11.5. The van der Waals surface area contributed by atoms with Gasteiger partial charge in [-0.3, -0.25) is 9.78 Å². The summed E-state index contributed by atoms with van der Waals surface area (Å²) in [6.45, 7) is 4.12. The second-order valence-electron chi connectivity index (χ2n) is 8.52. The third-order valence-corrected chi connectivity index (χ3v) is 5.87. The molecule has 0 aliphatic carbocycles. The Hall–Kier alpha value is -4.19. The van der Waals surface area contributed by atoms with Crippen LogP contribution < -0.4 is 14.8 Å². The van der Waals surface area contributed by atoms with E-state index in [2.05, 4.69) is 23.3 Å². The highest BCUT2D eigenvalue weighted by atomic mass is 16.5. The average Bonchev–Trinajstić information content (AvgIpc) is 2.88. The number of methoxy groups -OCH3 is 2. The lowest BCUT2D eigenvalue weighted by atomic mass is 9.95. The second kappa shape index (κ2) is 10.8. The molecular formula is C29H29N3O3. The summed E-state index contributed by atoms with van der Waals surface area (Å²) in [4.78, 5) is 21.9. The van der Waals surface area contributed by atoms with Crippen LogP contribution >= 0.6 is 0 Å². The van der Waals surface area contributed by atoms with Crippen LogP contribution in [0, 0.1) is 6.92 Å². The van der Waals surface area contributed by atoms with Crippen molar-refractivity contribution < 1.29 is 14.3 Å². The monoisotopic (exact) mass is 467 g/mol. The van der Waals surface area contributed by atoms with Crippen molar-refractivity contribution in [1.29, 1.82) is 0 Å². The topological polar surface area (TPSA) is 73.3 Å². The van der Waals surface area contributed by atoms with Gasteiger partial charge in [-0.2, -0.15) is 0 Å². The number of aromatic nitrogens is 2. The minimum atomic E-state index is -0.119. The first-order valence-corrected chi connectivity index (χ1v) is 11.5. The summed E-state index contributed by atoms with van der Waals surface area (Å²) < 4.78 is 10.7. The smallest absolute Gasteiger partial charge is 0.255 e. The molecule has 1 atom stereocenters. The van der Waals surface area contributed by atoms with Gasteiger partial charge < -0.3 is 14.8 Å². The van der Waals surface area contributed by atoms with Gasteiger partial charge in [-0.1, -0.05) is 36.8 Å². The number of nitrogens with zero attached hydrogens (tertiary/aromatic N) is 2. The van der Waals surface area contributed by atoms with Crippen LogP contribution in [0.1, 0.15) is 40.0 Å². The van der Waals surface area contributed by atoms with Crippen LogP contribution in [0.4, 0.5) is 5.69 Å². The van der Waals surface area contributed by atoms with Crippen LogP contribution in [0.5, 0.6) is 11.5 Å². The summed E-state index contributed by atoms with van der Waals surface area (Å²) in [7, 11) is 3.23. The van der Waals surface area contributed by atoms with E-state index < -0.39 is 0 Å². The summed E-state index contributed by atoms with van der Waals surface area (Å²) in [5, 5.41) is 3.01. The van der Waals surface area contributed by atoms with Gasteiger partial charge in [0.2, 0.25) is 0 Å². The Balaban J connectivity index is 1.49. The van der Waals surface area contributed by atoms with E-state index in [-0.39, 0.29) is 11.8 Å². The van der Waals surface area contributed by atoms with E-state index >= 15 is 0 Å². The van der Waals surface area contributed by atoms with E-state index in [1.165, 1.54) is 0 Å². The van der Waals surface area contributed by atoms with E-state index in [4.69, 9.17) is 14.5 Å². The predicted molar refractivity (Wildman–Crippen MR) is 138 cm³/mol. The molecule has 6 nitrogen and oxygen atoms in total. The van der Waals surface area contributed by atoms with Gasteiger partial charge in [-0.15, -0.1) is 0 Å². The first kappa shape index (κ1) is 24.0. The van der Waals surface area contributed by atoms with E-state index in [1.807, 2.05) is 67.6 Å². The molecular weight excluding hydrogens is 438 g/mol. The molecule has 0 aliphatic heterocycles. The van der Waals surface area contributed by atoms with Crippen LogP contribution in [0.2, 0.25) is 0 Å². The number of carbonyl (C=O) groups is 1. The van der Waals surface area contributed by atoms with Crippen LogP contribution in [0.15, 0.2) is 79.1 Å². The number of anilines is 1. The van der Waals surface area contributed by atoms with Crippen molar-refractivity contribution in [1.82, 2.24) is 9.97 Å². The molecule has 1 N–H and O–H groups in total. The molecule has 0 unspecified atom stereocenters. The highest BCUT2D eigenvalue weighted by Crippen LogP contribution is 2.32. The number of aryl methyl sites for hydroxylation is 1. The molecule has 0 bridgehead atoms. The van der Waals surface area contributed by atoms with Crippen molar-refractivity contribution in [3.05, 3.63) is 102 Å². The van der Waals surface area contributed by atoms with E-state index in [0.717, 1.165) is 33.8 Å². The Morgan fingerprint density at radius 2 is 1.74 bits per heavy atom. The van der Waals surface area contributed by atoms with Crippen molar-refractivity contribution in [2.24, 2.45) is 0 Å². The third-order valence-electron chi connectivity index (χ3n) is 5.87. The van der Waals surface area contributed by atoms with Gasteiger partial charge in [0.25, 0.3) is 5.91 Å². The summed E-state index contributed by atoms with van der Waals surface area (Å²) in [6, 6.07) is 21.2. The zero-order valence-electron chi connectivity index (χ0n) is 20.4. The van der Waals surface area contributed by atoms with E-state index in [1.54, 1.807) is 26.6 Å². The second-order valence-corrected chi connectivity index (χ2v) is 8.52. The fourth-order valence-corrected chi connectivity index (χ4v) is 3.98. The van der Waals surface area contributed by atoms with Gasteiger partial charge in [-0.25, -0.2) is 4.98 Å². The number of hydrogen-bond acceptors (Lipinski definition) is 5. The Morgan fingerprint density at radius 3 is 2.51 bits per heavy atom. The predicted octanol–water partition coefficient (Wildman–Crippen LogP) is 6.07. The molecule has 3 aromatic carbocycles. The van der Waals surface area contributed by atoms with Gasteiger partial charge in [0.15, 0.2) is 11.5 Å². The highest BCUT2D eigenvalue weighted by Gasteiger charge is 2.13. The fraction of sp³-hybridized carbons (Fsp3) is 0.207. The van der Waals surface area contributed by atoms with Gasteiger partial charge in [-0.05, 0) is 67.3 Å². The number of amides is 1. The SMILES string of the molecule is COc1ccc(-c2cncc(C[C@@H](C)c3cccc(NC(=O)c4cccc(C)c4)c3)n2)cc1OC. The Morgan fingerprint density at radius 1 is 0.943 bits per heavy atom. The quantitative estimate of drug-likeness (QED) is 0.341. The maximum Gasteiger partial charge on any atom is 0.255 e. The molecule has 35 heavy (non-hydrogen) atoms. The minimum absolute atomic E-state index is 0.119. The molecule has 178 valence electrons. The number of ether oxygens (including phenoxy) is 2. The van der Waals surface area contributed by atoms with E-state index in [9.17, 15) is 4.79 Å². The Kier molecular flexibility index (Phi) is 7.41. The van der Waals surface area contributed by atoms with Crippen molar-refractivity contribution in [2.45, 2.75) is 26.2 Å². The standard InChI is InChI=1S/C29H29N3O3/c1-19-7-5-9-23(13-19)29(33)32-24-10-6-8-21(15-24)20(2)14-25-17-30-18-26(31-25)22-11-12-27(34-3)28(16-22)35-4/h5-13,15-18,20H,14H2,1-4H3,(H,32,33)/t20-/m1/s1. The molecule has 6 heteroatoms. The highest BCUT2D eigenvalue weighted by molar-refractivity contribution is 6.04. The van der Waals surface area contributed by atoms with Crippen molar-refractivity contribution in [2.75, 3.05) is 19.5 Å². The average molecular weight is 468 g/mol. The summed E-state index contributed by atoms with van der Waals surface area (Å²) in [5.41, 5.74) is 6.15. The molecule has 1 amide bonds. The Bertz CT molecular complexity index is 1340. The van der Waals surface area contributed by atoms with Gasteiger partial charge in [0.1, 0.15) is 0 Å². The van der Waals surface area contributed by atoms with Crippen molar-refractivity contribution in [3.8, 4) is 22.8 Å². The van der Waals surface area contributed by atoms with Gasteiger partial charge >= 0.3 is 0 Å². The summed E-state index contributed by atoms with van der Waals surface area (Å²) in [6.07, 6.45) is 4.25. The normalized spacial score (nSPS) is 11.5. The maximum absolute atomic E-state index is 12.7. The van der Waals surface area contributed by atoms with Crippen LogP contribution in [-0.2, 0) is 6.42 Å². The Labute approximate surface area is 206 Å². The third kappa shape index (κ3) is 5.84. The maximum atomic E-state index is 12.7. The molecule has 1 heterocycles. The molecule has 1 aromatic heterocycles. The minimum Gasteiger partial charge on any atom is -0.493 e. The zero-order valence-corrected chi connectivity index (χ0v) is 20.4. The molecule has 0 saturated heterocycles. The number of hydrogen-bond donors (Lipinski definition) is 1. The lowest BCUT2D eigenvalue weighted by Crippen LogP contribution is -2.12. The van der Waals surface area contributed by atoms with Crippen LogP contribution in [0.3, 0.4) is 0 Å². The first-order chi connectivity index (χ1) is 17.0. The molecule has 0 aliphatic rings. The summed E-state index contributed by atoms with van der Waals surface area (Å²) in [5.74, 6) is 1.38. The molecule has 0 fully saturated rings. The summed E-state index contributed by atoms with van der Waals surface area (Å²) >= 11 is 0. The van der Waals surface area contributed by atoms with Crippen molar-refractivity contribution in [3.63, 3.8) is 0 Å². The molecule has 0 spiro atoms. The molecule has 0 radical (unpaired) electrons. The number of nitrogens with one attached hydrogen (secondary N) is 1. The lowest BCUT2D eigenvalue weighted by molar-refractivity contribution is 0.102. The number of carbonyl (C=O) groups excluding carboxylic acids is 1. The number of rotatable bonds is 8.